The number of ether oxygens (including phenoxy) is 3. The molecule has 1 fully saturated rings. The number of rotatable bonds is 6. The zero-order valence-electron chi connectivity index (χ0n) is 17.1. The van der Waals surface area contributed by atoms with Crippen LogP contribution in [-0.2, 0) is 16.0 Å². The third kappa shape index (κ3) is 4.39. The quantitative estimate of drug-likeness (QED) is 0.689. The first-order chi connectivity index (χ1) is 14.7. The molecule has 1 amide bonds. The van der Waals surface area contributed by atoms with Crippen molar-refractivity contribution in [2.75, 3.05) is 39.5 Å². The summed E-state index contributed by atoms with van der Waals surface area (Å²) in [6, 6.07) is 13.2. The molecule has 0 atom stereocenters. The van der Waals surface area contributed by atoms with Crippen molar-refractivity contribution in [1.82, 2.24) is 4.90 Å². The van der Waals surface area contributed by atoms with Crippen LogP contribution < -0.4 is 9.47 Å². The molecule has 1 saturated heterocycles. The highest BCUT2D eigenvalue weighted by molar-refractivity contribution is 6.15. The summed E-state index contributed by atoms with van der Waals surface area (Å²) in [6.07, 6.45) is 2.53. The van der Waals surface area contributed by atoms with E-state index in [1.54, 1.807) is 11.0 Å². The van der Waals surface area contributed by atoms with Crippen LogP contribution in [0.25, 0.3) is 6.08 Å². The van der Waals surface area contributed by atoms with Crippen LogP contribution in [0, 0.1) is 0 Å². The van der Waals surface area contributed by atoms with Crippen molar-refractivity contribution in [3.8, 4) is 11.5 Å². The molecule has 6 heteroatoms. The standard InChI is InChI=1S/C24H25NO5/c1-2-29-22-14-17(13-19-15-18-5-3-4-6-20(18)24(19)27)7-8-21(22)30-16-23(26)25-9-11-28-12-10-25/h3-8,13-14H,2,9-12,15-16H2,1H3/b19-13-. The van der Waals surface area contributed by atoms with Crippen LogP contribution in [0.1, 0.15) is 28.4 Å². The Balaban J connectivity index is 1.48. The van der Waals surface area contributed by atoms with Crippen molar-refractivity contribution in [3.63, 3.8) is 0 Å². The lowest BCUT2D eigenvalue weighted by atomic mass is 10.1. The van der Waals surface area contributed by atoms with Crippen molar-refractivity contribution in [2.45, 2.75) is 13.3 Å². The average molecular weight is 407 g/mol. The van der Waals surface area contributed by atoms with Gasteiger partial charge in [0.2, 0.25) is 0 Å². The van der Waals surface area contributed by atoms with E-state index in [-0.39, 0.29) is 18.3 Å². The molecule has 1 heterocycles. The van der Waals surface area contributed by atoms with Crippen molar-refractivity contribution in [1.29, 1.82) is 0 Å². The summed E-state index contributed by atoms with van der Waals surface area (Å²) in [5, 5.41) is 0. The maximum Gasteiger partial charge on any atom is 0.260 e. The molecule has 6 nitrogen and oxygen atoms in total. The van der Waals surface area contributed by atoms with Gasteiger partial charge in [0.25, 0.3) is 5.91 Å². The Morgan fingerprint density at radius 3 is 2.67 bits per heavy atom. The van der Waals surface area contributed by atoms with Gasteiger partial charge >= 0.3 is 0 Å². The predicted octanol–water partition coefficient (Wildman–Crippen LogP) is 3.15. The van der Waals surface area contributed by atoms with Gasteiger partial charge in [0.05, 0.1) is 19.8 Å². The van der Waals surface area contributed by atoms with Gasteiger partial charge in [-0.3, -0.25) is 9.59 Å². The van der Waals surface area contributed by atoms with Gasteiger partial charge in [-0.2, -0.15) is 0 Å². The second-order valence-electron chi connectivity index (χ2n) is 7.25. The summed E-state index contributed by atoms with van der Waals surface area (Å²) >= 11 is 0. The second-order valence-corrected chi connectivity index (χ2v) is 7.25. The summed E-state index contributed by atoms with van der Waals surface area (Å²) in [4.78, 5) is 26.7. The molecule has 2 aromatic rings. The zero-order chi connectivity index (χ0) is 20.9. The van der Waals surface area contributed by atoms with Gasteiger partial charge in [0.15, 0.2) is 23.9 Å². The minimum Gasteiger partial charge on any atom is -0.490 e. The van der Waals surface area contributed by atoms with Gasteiger partial charge in [-0.1, -0.05) is 30.3 Å². The Hall–Kier alpha value is -3.12. The first-order valence-corrected chi connectivity index (χ1v) is 10.2. The van der Waals surface area contributed by atoms with Crippen molar-refractivity contribution in [3.05, 3.63) is 64.7 Å². The van der Waals surface area contributed by atoms with E-state index in [4.69, 9.17) is 14.2 Å². The predicted molar refractivity (Wildman–Crippen MR) is 113 cm³/mol. The van der Waals surface area contributed by atoms with Crippen molar-refractivity contribution in [2.24, 2.45) is 0 Å². The molecule has 0 bridgehead atoms. The van der Waals surface area contributed by atoms with Crippen LogP contribution in [0.15, 0.2) is 48.0 Å². The number of benzene rings is 2. The van der Waals surface area contributed by atoms with Crippen LogP contribution in [0.4, 0.5) is 0 Å². The molecule has 2 aromatic carbocycles. The van der Waals surface area contributed by atoms with E-state index in [9.17, 15) is 9.59 Å². The highest BCUT2D eigenvalue weighted by Gasteiger charge is 2.24. The van der Waals surface area contributed by atoms with E-state index in [0.29, 0.717) is 50.8 Å². The number of carbonyl (C=O) groups is 2. The molecule has 156 valence electrons. The molecule has 0 aromatic heterocycles. The van der Waals surface area contributed by atoms with E-state index in [0.717, 1.165) is 22.3 Å². The highest BCUT2D eigenvalue weighted by atomic mass is 16.5. The summed E-state index contributed by atoms with van der Waals surface area (Å²) in [5.74, 6) is 1.08. The van der Waals surface area contributed by atoms with Crippen LogP contribution in [0.2, 0.25) is 0 Å². The molecule has 1 aliphatic carbocycles. The molecule has 0 unspecified atom stereocenters. The Bertz CT molecular complexity index is 975. The summed E-state index contributed by atoms with van der Waals surface area (Å²) < 4.78 is 16.8. The number of morpholine rings is 1. The van der Waals surface area contributed by atoms with Crippen LogP contribution in [0.5, 0.6) is 11.5 Å². The van der Waals surface area contributed by atoms with E-state index in [1.165, 1.54) is 0 Å². The van der Waals surface area contributed by atoms with Gasteiger partial charge in [0, 0.05) is 30.6 Å². The smallest absolute Gasteiger partial charge is 0.260 e. The Morgan fingerprint density at radius 2 is 1.90 bits per heavy atom. The summed E-state index contributed by atoms with van der Waals surface area (Å²) in [7, 11) is 0. The van der Waals surface area contributed by atoms with Gasteiger partial charge < -0.3 is 19.1 Å². The van der Waals surface area contributed by atoms with E-state index >= 15 is 0 Å². The number of nitrogens with zero attached hydrogens (tertiary/aromatic N) is 1. The maximum atomic E-state index is 12.6. The van der Waals surface area contributed by atoms with Crippen molar-refractivity contribution >= 4 is 17.8 Å². The number of fused-ring (bicyclic) bond motifs is 1. The van der Waals surface area contributed by atoms with Crippen LogP contribution >= 0.6 is 0 Å². The second kappa shape index (κ2) is 9.13. The molecular formula is C24H25NO5. The molecule has 4 rings (SSSR count). The monoisotopic (exact) mass is 407 g/mol. The van der Waals surface area contributed by atoms with Crippen molar-refractivity contribution < 1.29 is 23.8 Å². The first-order valence-electron chi connectivity index (χ1n) is 10.2. The molecule has 2 aliphatic rings. The fourth-order valence-corrected chi connectivity index (χ4v) is 3.72. The van der Waals surface area contributed by atoms with Crippen LogP contribution in [0.3, 0.4) is 0 Å². The number of ketones is 1. The molecule has 0 saturated carbocycles. The largest absolute Gasteiger partial charge is 0.490 e. The highest BCUT2D eigenvalue weighted by Crippen LogP contribution is 2.32. The van der Waals surface area contributed by atoms with E-state index in [1.807, 2.05) is 49.4 Å². The number of carbonyl (C=O) groups excluding carboxylic acids is 2. The van der Waals surface area contributed by atoms with Gasteiger partial charge in [-0.05, 0) is 36.3 Å². The minimum atomic E-state index is -0.0683. The third-order valence-corrected chi connectivity index (χ3v) is 5.26. The number of allylic oxidation sites excluding steroid dienone is 1. The molecule has 0 N–H and O–H groups in total. The van der Waals surface area contributed by atoms with Gasteiger partial charge in [0.1, 0.15) is 0 Å². The first kappa shape index (κ1) is 20.2. The fourth-order valence-electron chi connectivity index (χ4n) is 3.72. The lowest BCUT2D eigenvalue weighted by Gasteiger charge is -2.26. The molecular weight excluding hydrogens is 382 g/mol. The SMILES string of the molecule is CCOc1cc(/C=C2/Cc3ccccc3C2=O)ccc1OCC(=O)N1CCOCC1. The van der Waals surface area contributed by atoms with Gasteiger partial charge in [-0.25, -0.2) is 0 Å². The summed E-state index contributed by atoms with van der Waals surface area (Å²) in [6.45, 7) is 4.61. The molecule has 0 radical (unpaired) electrons. The lowest BCUT2D eigenvalue weighted by Crippen LogP contribution is -2.43. The van der Waals surface area contributed by atoms with Gasteiger partial charge in [-0.15, -0.1) is 0 Å². The number of Topliss-reactive ketones (excluding diaryl/α,β-unsaturated/α-hetero) is 1. The Kier molecular flexibility index (Phi) is 6.14. The number of hydrogen-bond donors (Lipinski definition) is 0. The zero-order valence-corrected chi connectivity index (χ0v) is 17.1. The lowest BCUT2D eigenvalue weighted by molar-refractivity contribution is -0.137. The Labute approximate surface area is 176 Å². The molecule has 0 spiro atoms. The number of amides is 1. The Morgan fingerprint density at radius 1 is 1.10 bits per heavy atom. The van der Waals surface area contributed by atoms with Crippen LogP contribution in [-0.4, -0.2) is 56.1 Å². The van der Waals surface area contributed by atoms with E-state index in [2.05, 4.69) is 0 Å². The van der Waals surface area contributed by atoms with E-state index < -0.39 is 0 Å². The third-order valence-electron chi connectivity index (χ3n) is 5.26. The topological polar surface area (TPSA) is 65.1 Å². The molecule has 30 heavy (non-hydrogen) atoms. The fraction of sp³-hybridized carbons (Fsp3) is 0.333. The average Bonchev–Trinajstić information content (AvgIpc) is 3.09. The summed E-state index contributed by atoms with van der Waals surface area (Å²) in [5.41, 5.74) is 3.45. The minimum absolute atomic E-state index is 0.0473. The maximum absolute atomic E-state index is 12.6. The normalized spacial score (nSPS) is 17.2. The molecule has 1 aliphatic heterocycles. The number of hydrogen-bond acceptors (Lipinski definition) is 5.